The third-order valence-electron chi connectivity index (χ3n) is 5.88. The number of thioether (sulfide) groups is 1. The summed E-state index contributed by atoms with van der Waals surface area (Å²) in [6.07, 6.45) is 2.68. The van der Waals surface area contributed by atoms with E-state index in [1.807, 2.05) is 42.5 Å². The second kappa shape index (κ2) is 10.4. The zero-order valence-electron chi connectivity index (χ0n) is 18.6. The molecule has 3 aromatic carbocycles. The van der Waals surface area contributed by atoms with E-state index >= 15 is 0 Å². The largest absolute Gasteiger partial charge is 0.377 e. The molecule has 1 aromatic heterocycles. The van der Waals surface area contributed by atoms with Gasteiger partial charge in [-0.3, -0.25) is 9.36 Å². The van der Waals surface area contributed by atoms with Crippen molar-refractivity contribution in [3.63, 3.8) is 0 Å². The Morgan fingerprint density at radius 3 is 2.76 bits per heavy atom. The quantitative estimate of drug-likeness (QED) is 0.370. The number of ether oxygens (including phenoxy) is 1. The maximum absolute atomic E-state index is 14.7. The Labute approximate surface area is 201 Å². The SMILES string of the molecule is O=C(NCCc1nnc(SC[C@@H]2CCCO2)n1-c1ccccc1F)c1cccc2ccccc12. The standard InChI is InChI=1S/C26H25FN4O2S/c27-22-12-3-4-13-23(22)31-24(29-30-26(31)34-17-19-9-6-16-33-19)14-15-28-25(32)21-11-5-8-18-7-1-2-10-20(18)21/h1-5,7-8,10-13,19H,6,9,14-17H2,(H,28,32)/t19-/m0/s1. The van der Waals surface area contributed by atoms with Crippen molar-refractivity contribution in [1.29, 1.82) is 0 Å². The highest BCUT2D eigenvalue weighted by atomic mass is 32.2. The molecule has 0 spiro atoms. The Morgan fingerprint density at radius 2 is 1.91 bits per heavy atom. The molecule has 6 nitrogen and oxygen atoms in total. The number of nitrogens with one attached hydrogen (secondary N) is 1. The molecule has 0 saturated carbocycles. The molecule has 1 atom stereocenters. The van der Waals surface area contributed by atoms with Crippen LogP contribution in [0.25, 0.3) is 16.5 Å². The van der Waals surface area contributed by atoms with E-state index in [9.17, 15) is 9.18 Å². The Hall–Kier alpha value is -3.23. The fourth-order valence-electron chi connectivity index (χ4n) is 4.18. The van der Waals surface area contributed by atoms with Crippen LogP contribution in [-0.4, -0.2) is 45.7 Å². The lowest BCUT2D eigenvalue weighted by molar-refractivity contribution is 0.0955. The smallest absolute Gasteiger partial charge is 0.251 e. The highest BCUT2D eigenvalue weighted by Gasteiger charge is 2.21. The van der Waals surface area contributed by atoms with Gasteiger partial charge in [0.15, 0.2) is 5.16 Å². The Balaban J connectivity index is 1.33. The molecule has 1 N–H and O–H groups in total. The lowest BCUT2D eigenvalue weighted by Gasteiger charge is -2.13. The first-order chi connectivity index (χ1) is 16.7. The summed E-state index contributed by atoms with van der Waals surface area (Å²) in [4.78, 5) is 12.9. The average Bonchev–Trinajstić information content (AvgIpc) is 3.53. The molecule has 1 fully saturated rings. The van der Waals surface area contributed by atoms with Crippen molar-refractivity contribution in [2.24, 2.45) is 0 Å². The van der Waals surface area contributed by atoms with Crippen LogP contribution in [-0.2, 0) is 11.2 Å². The molecule has 1 saturated heterocycles. The number of amides is 1. The van der Waals surface area contributed by atoms with Crippen molar-refractivity contribution >= 4 is 28.4 Å². The first-order valence-corrected chi connectivity index (χ1v) is 12.4. The number of para-hydroxylation sites is 1. The van der Waals surface area contributed by atoms with Crippen LogP contribution in [0.3, 0.4) is 0 Å². The molecule has 2 heterocycles. The van der Waals surface area contributed by atoms with Crippen LogP contribution in [0.4, 0.5) is 4.39 Å². The van der Waals surface area contributed by atoms with Gasteiger partial charge in [-0.1, -0.05) is 60.3 Å². The number of hydrogen-bond donors (Lipinski definition) is 1. The minimum absolute atomic E-state index is 0.151. The molecule has 0 aliphatic carbocycles. The summed E-state index contributed by atoms with van der Waals surface area (Å²) >= 11 is 1.52. The topological polar surface area (TPSA) is 69.0 Å². The zero-order valence-corrected chi connectivity index (χ0v) is 19.4. The predicted octanol–water partition coefficient (Wildman–Crippen LogP) is 4.80. The zero-order chi connectivity index (χ0) is 23.3. The first kappa shape index (κ1) is 22.6. The third-order valence-corrected chi connectivity index (χ3v) is 6.95. The fraction of sp³-hybridized carbons (Fsp3) is 0.269. The molecule has 0 bridgehead atoms. The van der Waals surface area contributed by atoms with Crippen molar-refractivity contribution in [3.05, 3.63) is 83.9 Å². The van der Waals surface area contributed by atoms with Gasteiger partial charge in [0.25, 0.3) is 5.91 Å². The van der Waals surface area contributed by atoms with Crippen LogP contribution in [0.5, 0.6) is 0 Å². The summed E-state index contributed by atoms with van der Waals surface area (Å²) in [6, 6.07) is 20.1. The average molecular weight is 477 g/mol. The number of benzene rings is 3. The lowest BCUT2D eigenvalue weighted by Crippen LogP contribution is -2.26. The van der Waals surface area contributed by atoms with Gasteiger partial charge in [0, 0.05) is 30.9 Å². The molecule has 8 heteroatoms. The van der Waals surface area contributed by atoms with Crippen LogP contribution in [0.1, 0.15) is 29.0 Å². The van der Waals surface area contributed by atoms with Gasteiger partial charge in [-0.2, -0.15) is 0 Å². The molecule has 5 rings (SSSR count). The molecular formula is C26H25FN4O2S. The highest BCUT2D eigenvalue weighted by Crippen LogP contribution is 2.27. The predicted molar refractivity (Wildman–Crippen MR) is 131 cm³/mol. The van der Waals surface area contributed by atoms with Gasteiger partial charge < -0.3 is 10.1 Å². The fourth-order valence-corrected chi connectivity index (χ4v) is 5.21. The molecule has 174 valence electrons. The summed E-state index contributed by atoms with van der Waals surface area (Å²) in [5.74, 6) is 0.840. The van der Waals surface area contributed by atoms with Gasteiger partial charge in [-0.05, 0) is 41.8 Å². The van der Waals surface area contributed by atoms with Crippen molar-refractivity contribution in [2.45, 2.75) is 30.5 Å². The van der Waals surface area contributed by atoms with Gasteiger partial charge in [0.05, 0.1) is 11.8 Å². The van der Waals surface area contributed by atoms with E-state index in [2.05, 4.69) is 15.5 Å². The van der Waals surface area contributed by atoms with E-state index < -0.39 is 0 Å². The van der Waals surface area contributed by atoms with E-state index in [0.29, 0.717) is 35.2 Å². The molecule has 1 aliphatic heterocycles. The van der Waals surface area contributed by atoms with Gasteiger partial charge in [0.2, 0.25) is 0 Å². The Bertz CT molecular complexity index is 1300. The number of nitrogens with zero attached hydrogens (tertiary/aromatic N) is 3. The van der Waals surface area contributed by atoms with E-state index in [0.717, 1.165) is 36.0 Å². The monoisotopic (exact) mass is 476 g/mol. The number of halogens is 1. The number of carbonyl (C=O) groups is 1. The Kier molecular flexibility index (Phi) is 6.87. The van der Waals surface area contributed by atoms with Gasteiger partial charge in [-0.25, -0.2) is 4.39 Å². The van der Waals surface area contributed by atoms with E-state index in [4.69, 9.17) is 4.74 Å². The Morgan fingerprint density at radius 1 is 1.09 bits per heavy atom. The second-order valence-electron chi connectivity index (χ2n) is 8.16. The van der Waals surface area contributed by atoms with Crippen LogP contribution in [0.15, 0.2) is 71.9 Å². The highest BCUT2D eigenvalue weighted by molar-refractivity contribution is 7.99. The molecule has 0 radical (unpaired) electrons. The molecule has 34 heavy (non-hydrogen) atoms. The minimum atomic E-state index is -0.345. The molecule has 4 aromatic rings. The first-order valence-electron chi connectivity index (χ1n) is 11.4. The lowest BCUT2D eigenvalue weighted by atomic mass is 10.0. The van der Waals surface area contributed by atoms with Crippen molar-refractivity contribution < 1.29 is 13.9 Å². The summed E-state index contributed by atoms with van der Waals surface area (Å²) < 4.78 is 22.2. The molecule has 1 amide bonds. The number of rotatable bonds is 8. The summed E-state index contributed by atoms with van der Waals surface area (Å²) in [5.41, 5.74) is 1.03. The van der Waals surface area contributed by atoms with Crippen molar-refractivity contribution in [1.82, 2.24) is 20.1 Å². The summed E-state index contributed by atoms with van der Waals surface area (Å²) in [6.45, 7) is 1.14. The summed E-state index contributed by atoms with van der Waals surface area (Å²) in [7, 11) is 0. The van der Waals surface area contributed by atoms with E-state index in [-0.39, 0.29) is 17.8 Å². The van der Waals surface area contributed by atoms with Crippen LogP contribution in [0, 0.1) is 5.82 Å². The number of fused-ring (bicyclic) bond motifs is 1. The molecule has 0 unspecified atom stereocenters. The maximum Gasteiger partial charge on any atom is 0.251 e. The third kappa shape index (κ3) is 4.83. The molecule has 1 aliphatic rings. The van der Waals surface area contributed by atoms with Crippen LogP contribution >= 0.6 is 11.8 Å². The number of hydrogen-bond acceptors (Lipinski definition) is 5. The maximum atomic E-state index is 14.7. The van der Waals surface area contributed by atoms with Gasteiger partial charge in [-0.15, -0.1) is 10.2 Å². The van der Waals surface area contributed by atoms with Crippen LogP contribution < -0.4 is 5.32 Å². The van der Waals surface area contributed by atoms with E-state index in [1.165, 1.54) is 17.8 Å². The number of aromatic nitrogens is 3. The number of carbonyl (C=O) groups excluding carboxylic acids is 1. The van der Waals surface area contributed by atoms with Gasteiger partial charge in [0.1, 0.15) is 11.6 Å². The van der Waals surface area contributed by atoms with Gasteiger partial charge >= 0.3 is 0 Å². The summed E-state index contributed by atoms with van der Waals surface area (Å²) in [5, 5.41) is 14.2. The minimum Gasteiger partial charge on any atom is -0.377 e. The van der Waals surface area contributed by atoms with Crippen molar-refractivity contribution in [2.75, 3.05) is 18.9 Å². The molecular weight excluding hydrogens is 451 g/mol. The van der Waals surface area contributed by atoms with Crippen LogP contribution in [0.2, 0.25) is 0 Å². The second-order valence-corrected chi connectivity index (χ2v) is 9.15. The van der Waals surface area contributed by atoms with Crippen molar-refractivity contribution in [3.8, 4) is 5.69 Å². The normalized spacial score (nSPS) is 15.6. The van der Waals surface area contributed by atoms with E-state index in [1.54, 1.807) is 22.8 Å².